The molecule has 0 N–H and O–H groups in total. The van der Waals surface area contributed by atoms with Crippen LogP contribution in [0.4, 0.5) is 0 Å². The van der Waals surface area contributed by atoms with Gasteiger partial charge in [0.1, 0.15) is 17.6 Å². The van der Waals surface area contributed by atoms with Crippen LogP contribution in [0.3, 0.4) is 0 Å². The fourth-order valence-corrected chi connectivity index (χ4v) is 2.67. The van der Waals surface area contributed by atoms with Crippen LogP contribution in [-0.2, 0) is 4.74 Å². The summed E-state index contributed by atoms with van der Waals surface area (Å²) in [5.74, 6) is 1.41. The maximum atomic E-state index is 12.8. The Kier molecular flexibility index (Phi) is 5.33. The molecule has 0 aliphatic carbocycles. The molecule has 0 aromatic heterocycles. The van der Waals surface area contributed by atoms with Crippen molar-refractivity contribution in [3.05, 3.63) is 60.2 Å². The van der Waals surface area contributed by atoms with Crippen LogP contribution < -0.4 is 9.47 Å². The summed E-state index contributed by atoms with van der Waals surface area (Å²) >= 11 is 0. The second-order valence-electron chi connectivity index (χ2n) is 5.61. The van der Waals surface area contributed by atoms with E-state index in [1.54, 1.807) is 24.1 Å². The molecule has 0 spiro atoms. The van der Waals surface area contributed by atoms with E-state index in [9.17, 15) is 4.79 Å². The number of methoxy groups -OCH3 is 1. The number of hydrogen-bond acceptors (Lipinski definition) is 4. The molecule has 5 nitrogen and oxygen atoms in total. The highest BCUT2D eigenvalue weighted by molar-refractivity contribution is 5.94. The topological polar surface area (TPSA) is 48.0 Å². The van der Waals surface area contributed by atoms with Gasteiger partial charge >= 0.3 is 0 Å². The highest BCUT2D eigenvalue weighted by atomic mass is 16.5. The summed E-state index contributed by atoms with van der Waals surface area (Å²) in [5, 5.41) is 0. The first-order valence-corrected chi connectivity index (χ1v) is 7.99. The van der Waals surface area contributed by atoms with Crippen LogP contribution >= 0.6 is 0 Å². The van der Waals surface area contributed by atoms with E-state index in [0.717, 1.165) is 5.75 Å². The summed E-state index contributed by atoms with van der Waals surface area (Å²) in [7, 11) is 1.59. The fraction of sp³-hybridized carbons (Fsp3) is 0.316. The molecule has 3 rings (SSSR count). The molecular weight excluding hydrogens is 306 g/mol. The molecule has 126 valence electrons. The van der Waals surface area contributed by atoms with Gasteiger partial charge in [0.2, 0.25) is 0 Å². The average molecular weight is 327 g/mol. The van der Waals surface area contributed by atoms with Gasteiger partial charge < -0.3 is 19.1 Å². The zero-order chi connectivity index (χ0) is 16.8. The summed E-state index contributed by atoms with van der Waals surface area (Å²) in [6, 6.07) is 16.8. The first-order valence-electron chi connectivity index (χ1n) is 7.99. The molecular formula is C19H21NO4. The van der Waals surface area contributed by atoms with Crippen molar-refractivity contribution in [2.24, 2.45) is 0 Å². The Morgan fingerprint density at radius 2 is 1.92 bits per heavy atom. The lowest BCUT2D eigenvalue weighted by molar-refractivity contribution is 0.0652. The van der Waals surface area contributed by atoms with Crippen molar-refractivity contribution in [2.75, 3.05) is 33.4 Å². The van der Waals surface area contributed by atoms with Crippen molar-refractivity contribution in [3.63, 3.8) is 0 Å². The van der Waals surface area contributed by atoms with Gasteiger partial charge in [-0.2, -0.15) is 0 Å². The predicted octanol–water partition coefficient (Wildman–Crippen LogP) is 2.62. The lowest BCUT2D eigenvalue weighted by atomic mass is 10.1. The molecule has 0 radical (unpaired) electrons. The first kappa shape index (κ1) is 16.3. The molecule has 0 unspecified atom stereocenters. The van der Waals surface area contributed by atoms with Crippen molar-refractivity contribution in [2.45, 2.75) is 6.10 Å². The van der Waals surface area contributed by atoms with Crippen LogP contribution in [0.25, 0.3) is 0 Å². The van der Waals surface area contributed by atoms with Crippen LogP contribution in [0, 0.1) is 0 Å². The second-order valence-corrected chi connectivity index (χ2v) is 5.61. The third-order valence-electron chi connectivity index (χ3n) is 3.88. The number of carbonyl (C=O) groups is 1. The zero-order valence-corrected chi connectivity index (χ0v) is 13.7. The Morgan fingerprint density at radius 1 is 1.12 bits per heavy atom. The van der Waals surface area contributed by atoms with Crippen LogP contribution in [0.5, 0.6) is 11.5 Å². The van der Waals surface area contributed by atoms with E-state index < -0.39 is 0 Å². The fourth-order valence-electron chi connectivity index (χ4n) is 2.67. The Hall–Kier alpha value is -2.53. The van der Waals surface area contributed by atoms with Crippen molar-refractivity contribution >= 4 is 5.91 Å². The van der Waals surface area contributed by atoms with Crippen molar-refractivity contribution < 1.29 is 19.0 Å². The van der Waals surface area contributed by atoms with E-state index in [1.807, 2.05) is 42.5 Å². The molecule has 1 amide bonds. The Balaban J connectivity index is 1.70. The van der Waals surface area contributed by atoms with Gasteiger partial charge in [-0.05, 0) is 30.3 Å². The van der Waals surface area contributed by atoms with Gasteiger partial charge in [-0.25, -0.2) is 0 Å². The van der Waals surface area contributed by atoms with E-state index in [2.05, 4.69) is 0 Å². The third kappa shape index (κ3) is 4.06. The van der Waals surface area contributed by atoms with Crippen molar-refractivity contribution in [3.8, 4) is 11.5 Å². The van der Waals surface area contributed by atoms with Gasteiger partial charge in [0.05, 0.1) is 26.9 Å². The van der Waals surface area contributed by atoms with Gasteiger partial charge in [0.15, 0.2) is 0 Å². The standard InChI is InChI=1S/C19H21NO4/c1-22-17-9-5-6-15(12-17)19(21)20-10-11-23-14-18(13-20)24-16-7-3-2-4-8-16/h2-9,12,18H,10-11,13-14H2,1H3/t18-/m1/s1. The van der Waals surface area contributed by atoms with Gasteiger partial charge in [-0.15, -0.1) is 0 Å². The average Bonchev–Trinajstić information content (AvgIpc) is 2.87. The molecule has 1 aliphatic rings. The monoisotopic (exact) mass is 327 g/mol. The molecule has 0 saturated carbocycles. The number of carbonyl (C=O) groups excluding carboxylic acids is 1. The summed E-state index contributed by atoms with van der Waals surface area (Å²) in [6.45, 7) is 2.01. The Morgan fingerprint density at radius 3 is 2.71 bits per heavy atom. The minimum atomic E-state index is -0.190. The van der Waals surface area contributed by atoms with Gasteiger partial charge in [-0.1, -0.05) is 24.3 Å². The number of ether oxygens (including phenoxy) is 3. The maximum Gasteiger partial charge on any atom is 0.254 e. The van der Waals surface area contributed by atoms with E-state index in [0.29, 0.717) is 37.6 Å². The van der Waals surface area contributed by atoms with Crippen molar-refractivity contribution in [1.82, 2.24) is 4.90 Å². The smallest absolute Gasteiger partial charge is 0.254 e. The van der Waals surface area contributed by atoms with Gasteiger partial charge in [0.25, 0.3) is 5.91 Å². The minimum absolute atomic E-state index is 0.0407. The molecule has 1 aliphatic heterocycles. The molecule has 1 heterocycles. The third-order valence-corrected chi connectivity index (χ3v) is 3.88. The highest BCUT2D eigenvalue weighted by Crippen LogP contribution is 2.17. The maximum absolute atomic E-state index is 12.8. The van der Waals surface area contributed by atoms with E-state index >= 15 is 0 Å². The van der Waals surface area contributed by atoms with E-state index in [4.69, 9.17) is 14.2 Å². The quantitative estimate of drug-likeness (QED) is 0.866. The van der Waals surface area contributed by atoms with Gasteiger partial charge in [-0.3, -0.25) is 4.79 Å². The molecule has 1 fully saturated rings. The summed E-state index contributed by atoms with van der Waals surface area (Å²) in [4.78, 5) is 14.6. The van der Waals surface area contributed by atoms with E-state index in [-0.39, 0.29) is 12.0 Å². The number of amides is 1. The molecule has 0 bridgehead atoms. The summed E-state index contributed by atoms with van der Waals surface area (Å²) in [5.41, 5.74) is 0.606. The molecule has 2 aromatic rings. The van der Waals surface area contributed by atoms with Crippen molar-refractivity contribution in [1.29, 1.82) is 0 Å². The number of para-hydroxylation sites is 1. The van der Waals surface area contributed by atoms with Gasteiger partial charge in [0, 0.05) is 12.1 Å². The predicted molar refractivity (Wildman–Crippen MR) is 90.6 cm³/mol. The molecule has 1 atom stereocenters. The largest absolute Gasteiger partial charge is 0.497 e. The van der Waals surface area contributed by atoms with Crippen LogP contribution in [-0.4, -0.2) is 50.3 Å². The molecule has 5 heteroatoms. The van der Waals surface area contributed by atoms with Crippen LogP contribution in [0.1, 0.15) is 10.4 Å². The molecule has 2 aromatic carbocycles. The summed E-state index contributed by atoms with van der Waals surface area (Å²) < 4.78 is 16.7. The lowest BCUT2D eigenvalue weighted by Gasteiger charge is -2.24. The first-order chi connectivity index (χ1) is 11.8. The minimum Gasteiger partial charge on any atom is -0.497 e. The molecule has 1 saturated heterocycles. The number of nitrogens with zero attached hydrogens (tertiary/aromatic N) is 1. The van der Waals surface area contributed by atoms with Crippen LogP contribution in [0.2, 0.25) is 0 Å². The molecule has 24 heavy (non-hydrogen) atoms. The SMILES string of the molecule is COc1cccc(C(=O)N2CCOC[C@H](Oc3ccccc3)C2)c1. The Labute approximate surface area is 141 Å². The van der Waals surface area contributed by atoms with Crippen LogP contribution in [0.15, 0.2) is 54.6 Å². The number of benzene rings is 2. The Bertz CT molecular complexity index is 674. The zero-order valence-electron chi connectivity index (χ0n) is 13.7. The normalized spacial score (nSPS) is 17.9. The second kappa shape index (κ2) is 7.84. The van der Waals surface area contributed by atoms with E-state index in [1.165, 1.54) is 0 Å². The number of hydrogen-bond donors (Lipinski definition) is 0. The highest BCUT2D eigenvalue weighted by Gasteiger charge is 2.24. The number of rotatable bonds is 4. The summed E-state index contributed by atoms with van der Waals surface area (Å²) in [6.07, 6.45) is -0.190. The lowest BCUT2D eigenvalue weighted by Crippen LogP contribution is -2.40.